The van der Waals surface area contributed by atoms with Crippen LogP contribution in [0.5, 0.6) is 0 Å². The maximum Gasteiger partial charge on any atom is 0.327 e. The fraction of sp³-hybridized carbons (Fsp3) is 0.833. The lowest BCUT2D eigenvalue weighted by molar-refractivity contribution is -0.141. The second-order valence-electron chi connectivity index (χ2n) is 4.25. The lowest BCUT2D eigenvalue weighted by atomic mass is 10.3. The van der Waals surface area contributed by atoms with Gasteiger partial charge in [-0.25, -0.2) is 9.59 Å². The molecule has 1 fully saturated rings. The van der Waals surface area contributed by atoms with Crippen LogP contribution < -0.4 is 0 Å². The zero-order chi connectivity index (χ0) is 14.4. The highest BCUT2D eigenvalue weighted by Crippen LogP contribution is 2.29. The van der Waals surface area contributed by atoms with E-state index >= 15 is 0 Å². The van der Waals surface area contributed by atoms with Crippen LogP contribution in [-0.2, 0) is 9.53 Å². The maximum absolute atomic E-state index is 12.4. The Bertz CT molecular complexity index is 327. The van der Waals surface area contributed by atoms with Gasteiger partial charge in [0.05, 0.1) is 12.0 Å². The fourth-order valence-corrected chi connectivity index (χ4v) is 3.16. The van der Waals surface area contributed by atoms with Gasteiger partial charge in [-0.05, 0) is 20.8 Å². The Morgan fingerprint density at radius 2 is 2.16 bits per heavy atom. The zero-order valence-electron chi connectivity index (χ0n) is 11.7. The Labute approximate surface area is 118 Å². The highest BCUT2D eigenvalue weighted by atomic mass is 32.2. The molecule has 0 aromatic rings. The summed E-state index contributed by atoms with van der Waals surface area (Å²) in [5, 5.41) is 9.07. The number of hydrogen-bond acceptors (Lipinski definition) is 4. The largest absolute Gasteiger partial charge is 0.480 e. The molecule has 2 atom stereocenters. The van der Waals surface area contributed by atoms with Crippen molar-refractivity contribution in [3.63, 3.8) is 0 Å². The van der Waals surface area contributed by atoms with E-state index in [1.54, 1.807) is 4.90 Å². The molecule has 2 unspecified atom stereocenters. The van der Waals surface area contributed by atoms with E-state index in [-0.39, 0.29) is 11.4 Å². The minimum absolute atomic E-state index is 0.102. The summed E-state index contributed by atoms with van der Waals surface area (Å²) in [7, 11) is 0. The number of thioether (sulfide) groups is 1. The number of carboxylic acids is 1. The van der Waals surface area contributed by atoms with Crippen LogP contribution in [-0.4, -0.2) is 70.4 Å². The Balaban J connectivity index is 2.68. The number of carboxylic acid groups (broad SMARTS) is 1. The predicted octanol–water partition coefficient (Wildman–Crippen LogP) is 1.31. The molecule has 1 aliphatic heterocycles. The molecule has 0 aliphatic carbocycles. The van der Waals surface area contributed by atoms with Crippen molar-refractivity contribution in [2.24, 2.45) is 0 Å². The van der Waals surface area contributed by atoms with Crippen molar-refractivity contribution in [1.29, 1.82) is 0 Å². The van der Waals surface area contributed by atoms with Gasteiger partial charge in [0.25, 0.3) is 0 Å². The average molecular weight is 290 g/mol. The molecule has 1 saturated heterocycles. The second-order valence-corrected chi connectivity index (χ2v) is 5.60. The molecule has 0 radical (unpaired) electrons. The van der Waals surface area contributed by atoms with Gasteiger partial charge in [0.2, 0.25) is 0 Å². The first-order chi connectivity index (χ1) is 9.02. The number of nitrogens with zero attached hydrogens (tertiary/aromatic N) is 2. The van der Waals surface area contributed by atoms with Crippen LogP contribution >= 0.6 is 11.8 Å². The van der Waals surface area contributed by atoms with Crippen LogP contribution in [0, 0.1) is 0 Å². The van der Waals surface area contributed by atoms with Gasteiger partial charge in [-0.1, -0.05) is 0 Å². The molecule has 0 aromatic carbocycles. The summed E-state index contributed by atoms with van der Waals surface area (Å²) in [4.78, 5) is 26.7. The smallest absolute Gasteiger partial charge is 0.327 e. The van der Waals surface area contributed by atoms with Crippen molar-refractivity contribution in [2.45, 2.75) is 32.2 Å². The summed E-state index contributed by atoms with van der Waals surface area (Å²) in [5.41, 5.74) is 0. The molecular weight excluding hydrogens is 268 g/mol. The lowest BCUT2D eigenvalue weighted by Gasteiger charge is -2.31. The highest BCUT2D eigenvalue weighted by Gasteiger charge is 2.40. The van der Waals surface area contributed by atoms with Gasteiger partial charge >= 0.3 is 12.0 Å². The minimum Gasteiger partial charge on any atom is -0.480 e. The van der Waals surface area contributed by atoms with Gasteiger partial charge in [-0.3, -0.25) is 4.90 Å². The molecule has 1 aliphatic rings. The van der Waals surface area contributed by atoms with Crippen molar-refractivity contribution in [1.82, 2.24) is 9.80 Å². The van der Waals surface area contributed by atoms with Gasteiger partial charge in [0, 0.05) is 25.4 Å². The molecule has 110 valence electrons. The van der Waals surface area contributed by atoms with E-state index in [2.05, 4.69) is 0 Å². The van der Waals surface area contributed by atoms with Gasteiger partial charge in [0.1, 0.15) is 6.04 Å². The van der Waals surface area contributed by atoms with Gasteiger partial charge in [-0.2, -0.15) is 0 Å². The van der Waals surface area contributed by atoms with Crippen LogP contribution in [0.2, 0.25) is 0 Å². The van der Waals surface area contributed by atoms with E-state index < -0.39 is 12.0 Å². The molecule has 6 nitrogen and oxygen atoms in total. The van der Waals surface area contributed by atoms with Crippen LogP contribution in [0.15, 0.2) is 0 Å². The van der Waals surface area contributed by atoms with E-state index in [0.29, 0.717) is 32.1 Å². The summed E-state index contributed by atoms with van der Waals surface area (Å²) >= 11 is 1.49. The molecule has 0 spiro atoms. The third-order valence-electron chi connectivity index (χ3n) is 3.09. The standard InChI is InChI=1S/C12H22N2O4S/c1-4-13(6-7-18-5-2)12(17)14-9(3)19-8-10(14)11(15)16/h9-10H,4-8H2,1-3H3,(H,15,16). The van der Waals surface area contributed by atoms with E-state index in [1.165, 1.54) is 16.7 Å². The van der Waals surface area contributed by atoms with Crippen molar-refractivity contribution in [3.8, 4) is 0 Å². The Hall–Kier alpha value is -0.950. The fourth-order valence-electron chi connectivity index (χ4n) is 1.99. The van der Waals surface area contributed by atoms with E-state index in [0.717, 1.165) is 0 Å². The van der Waals surface area contributed by atoms with Crippen LogP contribution in [0.4, 0.5) is 4.79 Å². The first-order valence-corrected chi connectivity index (χ1v) is 7.57. The number of amides is 2. The zero-order valence-corrected chi connectivity index (χ0v) is 12.5. The molecule has 1 N–H and O–H groups in total. The van der Waals surface area contributed by atoms with Crippen molar-refractivity contribution < 1.29 is 19.4 Å². The molecule has 2 amide bonds. The monoisotopic (exact) mass is 290 g/mol. The first kappa shape index (κ1) is 16.1. The molecule has 1 rings (SSSR count). The summed E-state index contributed by atoms with van der Waals surface area (Å²) in [6.45, 7) is 7.77. The average Bonchev–Trinajstić information content (AvgIpc) is 2.76. The minimum atomic E-state index is -0.939. The number of rotatable bonds is 6. The predicted molar refractivity (Wildman–Crippen MR) is 74.3 cm³/mol. The van der Waals surface area contributed by atoms with Gasteiger partial charge < -0.3 is 14.7 Å². The summed E-state index contributed by atoms with van der Waals surface area (Å²) < 4.78 is 5.25. The summed E-state index contributed by atoms with van der Waals surface area (Å²) in [6, 6.07) is -0.944. The third-order valence-corrected chi connectivity index (χ3v) is 4.31. The van der Waals surface area contributed by atoms with Crippen LogP contribution in [0.25, 0.3) is 0 Å². The maximum atomic E-state index is 12.4. The summed E-state index contributed by atoms with van der Waals surface area (Å²) in [6.07, 6.45) is 0. The number of likely N-dealkylation sites (N-methyl/N-ethyl adjacent to an activating group) is 1. The number of carbonyl (C=O) groups excluding carboxylic acids is 1. The third kappa shape index (κ3) is 4.01. The van der Waals surface area contributed by atoms with Crippen LogP contribution in [0.3, 0.4) is 0 Å². The van der Waals surface area contributed by atoms with Crippen molar-refractivity contribution in [3.05, 3.63) is 0 Å². The number of urea groups is 1. The SMILES string of the molecule is CCOCCN(CC)C(=O)N1C(C)SCC1C(=O)O. The Morgan fingerprint density at radius 1 is 1.47 bits per heavy atom. The first-order valence-electron chi connectivity index (χ1n) is 6.52. The Kier molecular flexibility index (Phi) is 6.44. The topological polar surface area (TPSA) is 70.1 Å². The van der Waals surface area contributed by atoms with Crippen molar-refractivity contribution >= 4 is 23.8 Å². The van der Waals surface area contributed by atoms with E-state index in [4.69, 9.17) is 9.84 Å². The molecular formula is C12H22N2O4S. The lowest BCUT2D eigenvalue weighted by Crippen LogP contribution is -2.51. The number of carbonyl (C=O) groups is 2. The Morgan fingerprint density at radius 3 is 2.68 bits per heavy atom. The number of aliphatic carboxylic acids is 1. The molecule has 0 aromatic heterocycles. The molecule has 7 heteroatoms. The summed E-state index contributed by atoms with van der Waals surface area (Å²) in [5.74, 6) is -0.489. The highest BCUT2D eigenvalue weighted by molar-refractivity contribution is 8.00. The number of ether oxygens (including phenoxy) is 1. The van der Waals surface area contributed by atoms with Gasteiger partial charge in [-0.15, -0.1) is 11.8 Å². The molecule has 1 heterocycles. The quantitative estimate of drug-likeness (QED) is 0.747. The normalized spacial score (nSPS) is 22.6. The molecule has 0 bridgehead atoms. The van der Waals surface area contributed by atoms with E-state index in [1.807, 2.05) is 20.8 Å². The second kappa shape index (κ2) is 7.59. The van der Waals surface area contributed by atoms with E-state index in [9.17, 15) is 9.59 Å². The molecule has 0 saturated carbocycles. The van der Waals surface area contributed by atoms with Crippen molar-refractivity contribution in [2.75, 3.05) is 32.1 Å². The van der Waals surface area contributed by atoms with Crippen LogP contribution in [0.1, 0.15) is 20.8 Å². The number of hydrogen-bond donors (Lipinski definition) is 1. The molecule has 19 heavy (non-hydrogen) atoms. The van der Waals surface area contributed by atoms with Gasteiger partial charge in [0.15, 0.2) is 0 Å².